The summed E-state index contributed by atoms with van der Waals surface area (Å²) in [5, 5.41) is 13.9. The van der Waals surface area contributed by atoms with E-state index < -0.39 is 10.0 Å². The monoisotopic (exact) mass is 581 g/mol. The Morgan fingerprint density at radius 2 is 1.80 bits per heavy atom. The average Bonchev–Trinajstić information content (AvgIpc) is 3.01. The molecule has 220 valence electrons. The Morgan fingerprint density at radius 1 is 1.00 bits per heavy atom. The molecule has 0 bridgehead atoms. The zero-order valence-corrected chi connectivity index (χ0v) is 24.2. The fourth-order valence-corrected chi connectivity index (χ4v) is 6.29. The number of rotatable bonds is 17. The van der Waals surface area contributed by atoms with Crippen LogP contribution in [-0.4, -0.2) is 94.9 Å². The van der Waals surface area contributed by atoms with E-state index in [2.05, 4.69) is 21.3 Å². The Bertz CT molecular complexity index is 1360. The number of fused-ring (bicyclic) bond motifs is 1. The quantitative estimate of drug-likeness (QED) is 0.239. The van der Waals surface area contributed by atoms with E-state index in [0.29, 0.717) is 64.7 Å². The van der Waals surface area contributed by atoms with Gasteiger partial charge in [0, 0.05) is 81.1 Å². The first-order valence-corrected chi connectivity index (χ1v) is 15.5. The summed E-state index contributed by atoms with van der Waals surface area (Å²) in [6.45, 7) is 6.77. The van der Waals surface area contributed by atoms with E-state index in [9.17, 15) is 8.42 Å². The molecule has 0 amide bonds. The molecule has 2 heterocycles. The normalized spacial score (nSPS) is 14.3. The highest BCUT2D eigenvalue weighted by molar-refractivity contribution is 7.89. The summed E-state index contributed by atoms with van der Waals surface area (Å²) < 4.78 is 45.8. The van der Waals surface area contributed by atoms with Crippen molar-refractivity contribution >= 4 is 26.5 Å². The van der Waals surface area contributed by atoms with E-state index >= 15 is 0 Å². The molecule has 0 atom stereocenters. The molecule has 0 radical (unpaired) electrons. The fourth-order valence-electron chi connectivity index (χ4n) is 4.67. The summed E-state index contributed by atoms with van der Waals surface area (Å²) in [7, 11) is -3.84. The topological polar surface area (TPSA) is 117 Å². The number of benzene rings is 2. The number of nitrogens with one attached hydrogen (secondary N) is 1. The number of anilines is 1. The summed E-state index contributed by atoms with van der Waals surface area (Å²) in [4.78, 5) is 6.66. The number of nitriles is 1. The van der Waals surface area contributed by atoms with Crippen LogP contribution in [0.1, 0.15) is 18.4 Å². The number of ether oxygens (including phenoxy) is 3. The van der Waals surface area contributed by atoms with Crippen LogP contribution in [0.5, 0.6) is 0 Å². The van der Waals surface area contributed by atoms with Crippen LogP contribution in [0.3, 0.4) is 0 Å². The predicted molar refractivity (Wildman–Crippen MR) is 158 cm³/mol. The van der Waals surface area contributed by atoms with Crippen LogP contribution in [0.15, 0.2) is 65.8 Å². The summed E-state index contributed by atoms with van der Waals surface area (Å²) in [5.41, 5.74) is 1.95. The lowest BCUT2D eigenvalue weighted by atomic mass is 10.1. The lowest BCUT2D eigenvalue weighted by molar-refractivity contribution is 0.0363. The highest BCUT2D eigenvalue weighted by Crippen LogP contribution is 2.31. The van der Waals surface area contributed by atoms with E-state index in [1.54, 1.807) is 30.6 Å². The van der Waals surface area contributed by atoms with Crippen molar-refractivity contribution in [2.75, 3.05) is 77.6 Å². The van der Waals surface area contributed by atoms with Crippen molar-refractivity contribution in [3.05, 3.63) is 66.5 Å². The van der Waals surface area contributed by atoms with Gasteiger partial charge in [0.05, 0.1) is 44.0 Å². The van der Waals surface area contributed by atoms with Crippen molar-refractivity contribution in [3.63, 3.8) is 0 Å². The van der Waals surface area contributed by atoms with Crippen LogP contribution in [0.2, 0.25) is 0 Å². The number of aromatic nitrogens is 1. The van der Waals surface area contributed by atoms with Crippen LogP contribution in [-0.2, 0) is 30.8 Å². The summed E-state index contributed by atoms with van der Waals surface area (Å²) in [6, 6.07) is 17.3. The zero-order chi connectivity index (χ0) is 28.8. The van der Waals surface area contributed by atoms with Gasteiger partial charge in [0.15, 0.2) is 0 Å². The third kappa shape index (κ3) is 9.19. The predicted octanol–water partition coefficient (Wildman–Crippen LogP) is 3.51. The van der Waals surface area contributed by atoms with Gasteiger partial charge >= 0.3 is 0 Å². The largest absolute Gasteiger partial charge is 0.384 e. The third-order valence-corrected chi connectivity index (χ3v) is 8.86. The van der Waals surface area contributed by atoms with E-state index in [1.807, 2.05) is 30.3 Å². The molecule has 1 aliphatic rings. The highest BCUT2D eigenvalue weighted by atomic mass is 32.2. The number of sulfonamides is 1. The molecule has 1 aliphatic heterocycles. The summed E-state index contributed by atoms with van der Waals surface area (Å²) >= 11 is 0. The summed E-state index contributed by atoms with van der Waals surface area (Å²) in [5.74, 6) is 0. The molecule has 0 unspecified atom stereocenters. The van der Waals surface area contributed by atoms with Crippen molar-refractivity contribution in [3.8, 4) is 6.07 Å². The zero-order valence-electron chi connectivity index (χ0n) is 23.4. The van der Waals surface area contributed by atoms with Crippen molar-refractivity contribution in [1.82, 2.24) is 14.2 Å². The second-order valence-electron chi connectivity index (χ2n) is 9.73. The van der Waals surface area contributed by atoms with E-state index in [4.69, 9.17) is 19.5 Å². The van der Waals surface area contributed by atoms with Crippen LogP contribution in [0.4, 0.5) is 5.69 Å². The molecule has 41 heavy (non-hydrogen) atoms. The highest BCUT2D eigenvalue weighted by Gasteiger charge is 2.27. The summed E-state index contributed by atoms with van der Waals surface area (Å²) in [6.07, 6.45) is 4.20. The second-order valence-corrected chi connectivity index (χ2v) is 11.6. The molecular weight excluding hydrogens is 542 g/mol. The third-order valence-electron chi connectivity index (χ3n) is 6.90. The number of pyridine rings is 1. The van der Waals surface area contributed by atoms with Gasteiger partial charge in [-0.05, 0) is 30.2 Å². The Hall–Kier alpha value is -3.11. The number of hydrogen-bond donors (Lipinski definition) is 1. The van der Waals surface area contributed by atoms with Gasteiger partial charge in [-0.25, -0.2) is 8.42 Å². The molecule has 1 aromatic heterocycles. The van der Waals surface area contributed by atoms with Gasteiger partial charge in [-0.3, -0.25) is 9.88 Å². The van der Waals surface area contributed by atoms with Gasteiger partial charge in [-0.15, -0.1) is 0 Å². The maximum atomic E-state index is 13.8. The molecule has 1 saturated heterocycles. The maximum absolute atomic E-state index is 13.8. The lowest BCUT2D eigenvalue weighted by Gasteiger charge is -2.29. The Morgan fingerprint density at radius 3 is 2.61 bits per heavy atom. The number of morpholine rings is 1. The first-order chi connectivity index (χ1) is 20.1. The van der Waals surface area contributed by atoms with Crippen molar-refractivity contribution in [2.45, 2.75) is 24.3 Å². The first-order valence-electron chi connectivity index (χ1n) is 14.1. The van der Waals surface area contributed by atoms with Gasteiger partial charge in [0.25, 0.3) is 0 Å². The molecule has 0 spiro atoms. The van der Waals surface area contributed by atoms with Gasteiger partial charge in [-0.1, -0.05) is 30.3 Å². The smallest absolute Gasteiger partial charge is 0.243 e. The van der Waals surface area contributed by atoms with E-state index in [1.165, 1.54) is 4.31 Å². The maximum Gasteiger partial charge on any atom is 0.243 e. The van der Waals surface area contributed by atoms with Gasteiger partial charge < -0.3 is 19.5 Å². The Labute approximate surface area is 242 Å². The molecule has 10 nitrogen and oxygen atoms in total. The van der Waals surface area contributed by atoms with Crippen LogP contribution < -0.4 is 5.32 Å². The van der Waals surface area contributed by atoms with E-state index in [-0.39, 0.29) is 17.9 Å². The minimum absolute atomic E-state index is 0.128. The molecule has 11 heteroatoms. The van der Waals surface area contributed by atoms with Crippen molar-refractivity contribution in [1.29, 1.82) is 5.26 Å². The standard InChI is InChI=1S/C30H39N5O5S/c31-11-4-14-35(16-15-34-17-20-39-21-18-34)41(36,37)30-9-8-29(28-24-32-13-10-27(28)30)33-12-5-19-38-22-23-40-25-26-6-2-1-3-7-26/h1-3,6-10,13,24,33H,4-5,12,14-23,25H2. The lowest BCUT2D eigenvalue weighted by Crippen LogP contribution is -2.43. The minimum atomic E-state index is -3.84. The first kappa shape index (κ1) is 30.8. The molecule has 3 aromatic rings. The molecule has 0 saturated carbocycles. The molecule has 2 aromatic carbocycles. The molecule has 0 aliphatic carbocycles. The SMILES string of the molecule is N#CCCN(CCN1CCOCC1)S(=O)(=O)c1ccc(NCCCOCCOCc2ccccc2)c2cnccc12. The van der Waals surface area contributed by atoms with Gasteiger partial charge in [-0.2, -0.15) is 9.57 Å². The molecule has 1 fully saturated rings. The molecular formula is C30H39N5O5S. The molecule has 4 rings (SSSR count). The van der Waals surface area contributed by atoms with Crippen molar-refractivity contribution in [2.24, 2.45) is 0 Å². The second kappa shape index (κ2) is 16.4. The fraction of sp³-hybridized carbons (Fsp3) is 0.467. The number of nitrogens with zero attached hydrogens (tertiary/aromatic N) is 4. The van der Waals surface area contributed by atoms with Crippen LogP contribution in [0, 0.1) is 11.3 Å². The minimum Gasteiger partial charge on any atom is -0.384 e. The van der Waals surface area contributed by atoms with Crippen LogP contribution in [0.25, 0.3) is 10.8 Å². The Kier molecular flexibility index (Phi) is 12.3. The number of hydrogen-bond acceptors (Lipinski definition) is 9. The van der Waals surface area contributed by atoms with Crippen LogP contribution >= 0.6 is 0 Å². The molecule has 1 N–H and O–H groups in total. The van der Waals surface area contributed by atoms with Gasteiger partial charge in [0.2, 0.25) is 10.0 Å². The average molecular weight is 582 g/mol. The van der Waals surface area contributed by atoms with E-state index in [0.717, 1.165) is 36.1 Å². The van der Waals surface area contributed by atoms with Gasteiger partial charge in [0.1, 0.15) is 0 Å². The van der Waals surface area contributed by atoms with Crippen molar-refractivity contribution < 1.29 is 22.6 Å². The Balaban J connectivity index is 1.31.